The van der Waals surface area contributed by atoms with E-state index in [2.05, 4.69) is 10.4 Å². The van der Waals surface area contributed by atoms with E-state index in [0.717, 1.165) is 11.4 Å². The Hall–Kier alpha value is -3.29. The van der Waals surface area contributed by atoms with Crippen molar-refractivity contribution in [1.29, 1.82) is 0 Å². The van der Waals surface area contributed by atoms with E-state index in [0.29, 0.717) is 36.4 Å². The van der Waals surface area contributed by atoms with Gasteiger partial charge in [0.05, 0.1) is 14.2 Å². The molecule has 0 aliphatic rings. The largest absolute Gasteiger partial charge is 0.493 e. The number of carbonyl (C=O) groups is 1. The van der Waals surface area contributed by atoms with Crippen LogP contribution in [0, 0.1) is 0 Å². The lowest BCUT2D eigenvalue weighted by atomic mass is 10.1. The molecule has 148 valence electrons. The summed E-state index contributed by atoms with van der Waals surface area (Å²) >= 11 is 0. The number of aryl methyl sites for hydroxylation is 1. The summed E-state index contributed by atoms with van der Waals surface area (Å²) in [5, 5.41) is 7.15. The predicted molar refractivity (Wildman–Crippen MR) is 105 cm³/mol. The van der Waals surface area contributed by atoms with Crippen LogP contribution in [0.1, 0.15) is 18.3 Å². The molecule has 2 aromatic heterocycles. The average Bonchev–Trinajstić information content (AvgIpc) is 3.20. The quantitative estimate of drug-likeness (QED) is 0.635. The molecule has 0 spiro atoms. The van der Waals surface area contributed by atoms with Gasteiger partial charge in [-0.25, -0.2) is 4.68 Å². The van der Waals surface area contributed by atoms with Crippen LogP contribution in [-0.2, 0) is 24.2 Å². The third-order valence-corrected chi connectivity index (χ3v) is 4.51. The number of amides is 1. The molecule has 8 heteroatoms. The zero-order valence-corrected chi connectivity index (χ0v) is 16.3. The first-order valence-electron chi connectivity index (χ1n) is 9.12. The lowest BCUT2D eigenvalue weighted by Gasteiger charge is -2.11. The molecule has 0 saturated carbocycles. The van der Waals surface area contributed by atoms with Gasteiger partial charge in [0, 0.05) is 19.2 Å². The van der Waals surface area contributed by atoms with Gasteiger partial charge in [0.1, 0.15) is 17.9 Å². The molecule has 3 rings (SSSR count). The van der Waals surface area contributed by atoms with Crippen LogP contribution in [0.4, 0.5) is 0 Å². The molecule has 1 N–H and O–H groups in total. The summed E-state index contributed by atoms with van der Waals surface area (Å²) in [4.78, 5) is 24.8. The van der Waals surface area contributed by atoms with Crippen LogP contribution < -0.4 is 20.3 Å². The zero-order valence-electron chi connectivity index (χ0n) is 16.3. The summed E-state index contributed by atoms with van der Waals surface area (Å²) < 4.78 is 13.5. The van der Waals surface area contributed by atoms with E-state index in [1.54, 1.807) is 36.9 Å². The summed E-state index contributed by atoms with van der Waals surface area (Å²) in [6.45, 7) is 2.29. The fourth-order valence-corrected chi connectivity index (χ4v) is 3.07. The van der Waals surface area contributed by atoms with Gasteiger partial charge in [0.2, 0.25) is 5.91 Å². The SMILES string of the molecule is CCc1nn(CC(=O)NCCc2ccc(OC)c(OC)c2)c(=O)c2cccn12. The number of nitrogens with zero attached hydrogens (tertiary/aromatic N) is 3. The Kier molecular flexibility index (Phi) is 5.98. The minimum absolute atomic E-state index is 0.112. The van der Waals surface area contributed by atoms with Gasteiger partial charge in [-0.3, -0.25) is 14.0 Å². The Bertz CT molecular complexity index is 1040. The predicted octanol–water partition coefficient (Wildman–Crippen LogP) is 1.43. The van der Waals surface area contributed by atoms with Gasteiger partial charge in [-0.15, -0.1) is 0 Å². The zero-order chi connectivity index (χ0) is 20.1. The van der Waals surface area contributed by atoms with Crippen LogP contribution in [-0.4, -0.2) is 40.9 Å². The maximum atomic E-state index is 12.5. The molecule has 0 bridgehead atoms. The van der Waals surface area contributed by atoms with Crippen LogP contribution in [0.25, 0.3) is 5.52 Å². The second-order valence-electron chi connectivity index (χ2n) is 6.29. The van der Waals surface area contributed by atoms with Crippen molar-refractivity contribution in [1.82, 2.24) is 19.5 Å². The van der Waals surface area contributed by atoms with Crippen molar-refractivity contribution in [2.45, 2.75) is 26.3 Å². The van der Waals surface area contributed by atoms with Crippen LogP contribution in [0.3, 0.4) is 0 Å². The first-order valence-corrected chi connectivity index (χ1v) is 9.12. The molecule has 1 aromatic carbocycles. The van der Waals surface area contributed by atoms with E-state index in [9.17, 15) is 9.59 Å². The van der Waals surface area contributed by atoms with Gasteiger partial charge in [0.25, 0.3) is 5.56 Å². The van der Waals surface area contributed by atoms with E-state index < -0.39 is 0 Å². The number of aromatic nitrogens is 3. The Balaban J connectivity index is 1.63. The number of nitrogens with one attached hydrogen (secondary N) is 1. The second-order valence-corrected chi connectivity index (χ2v) is 6.29. The Morgan fingerprint density at radius 1 is 1.18 bits per heavy atom. The van der Waals surface area contributed by atoms with Crippen LogP contribution in [0.15, 0.2) is 41.3 Å². The van der Waals surface area contributed by atoms with Gasteiger partial charge >= 0.3 is 0 Å². The lowest BCUT2D eigenvalue weighted by molar-refractivity contribution is -0.121. The molecule has 8 nitrogen and oxygen atoms in total. The second kappa shape index (κ2) is 8.60. The highest BCUT2D eigenvalue weighted by molar-refractivity contribution is 5.75. The highest BCUT2D eigenvalue weighted by atomic mass is 16.5. The van der Waals surface area contributed by atoms with Crippen molar-refractivity contribution in [3.05, 3.63) is 58.3 Å². The molecular weight excluding hydrogens is 360 g/mol. The summed E-state index contributed by atoms with van der Waals surface area (Å²) in [5.41, 5.74) is 1.25. The van der Waals surface area contributed by atoms with Gasteiger partial charge in [-0.1, -0.05) is 13.0 Å². The number of methoxy groups -OCH3 is 2. The van der Waals surface area contributed by atoms with Crippen LogP contribution in [0.2, 0.25) is 0 Å². The van der Waals surface area contributed by atoms with E-state index in [-0.39, 0.29) is 18.0 Å². The molecule has 0 aliphatic heterocycles. The van der Waals surface area contributed by atoms with E-state index in [4.69, 9.17) is 9.47 Å². The molecular formula is C20H24N4O4. The van der Waals surface area contributed by atoms with Gasteiger partial charge < -0.3 is 14.8 Å². The molecule has 0 atom stereocenters. The number of fused-ring (bicyclic) bond motifs is 1. The number of hydrogen-bond acceptors (Lipinski definition) is 5. The molecule has 1 amide bonds. The number of ether oxygens (including phenoxy) is 2. The number of benzene rings is 1. The van der Waals surface area contributed by atoms with Gasteiger partial charge in [-0.05, 0) is 36.2 Å². The fourth-order valence-electron chi connectivity index (χ4n) is 3.07. The molecule has 3 aromatic rings. The van der Waals surface area contributed by atoms with Crippen molar-refractivity contribution in [3.63, 3.8) is 0 Å². The third kappa shape index (κ3) is 4.00. The first kappa shape index (κ1) is 19.5. The average molecular weight is 384 g/mol. The van der Waals surface area contributed by atoms with E-state index >= 15 is 0 Å². The van der Waals surface area contributed by atoms with Crippen molar-refractivity contribution in [3.8, 4) is 11.5 Å². The molecule has 0 fully saturated rings. The summed E-state index contributed by atoms with van der Waals surface area (Å²) in [7, 11) is 3.17. The molecule has 0 aliphatic carbocycles. The Labute approximate surface area is 162 Å². The summed E-state index contributed by atoms with van der Waals surface area (Å²) in [6.07, 6.45) is 3.09. The number of hydrogen-bond donors (Lipinski definition) is 1. The maximum absolute atomic E-state index is 12.5. The maximum Gasteiger partial charge on any atom is 0.291 e. The first-order chi connectivity index (χ1) is 13.6. The fraction of sp³-hybridized carbons (Fsp3) is 0.350. The minimum atomic E-state index is -0.280. The third-order valence-electron chi connectivity index (χ3n) is 4.51. The van der Waals surface area contributed by atoms with Crippen molar-refractivity contribution in [2.24, 2.45) is 0 Å². The standard InChI is InChI=1S/C20H24N4O4/c1-4-18-22-24(20(26)15-6-5-11-23(15)18)13-19(25)21-10-9-14-7-8-16(27-2)17(12-14)28-3/h5-8,11-12H,4,9-10,13H2,1-3H3,(H,21,25). The summed E-state index contributed by atoms with van der Waals surface area (Å²) in [5.74, 6) is 1.79. The molecule has 28 heavy (non-hydrogen) atoms. The van der Waals surface area contributed by atoms with Gasteiger partial charge in [0.15, 0.2) is 11.5 Å². The smallest absolute Gasteiger partial charge is 0.291 e. The lowest BCUT2D eigenvalue weighted by Crippen LogP contribution is -2.35. The van der Waals surface area contributed by atoms with E-state index in [1.165, 1.54) is 4.68 Å². The van der Waals surface area contributed by atoms with Gasteiger partial charge in [-0.2, -0.15) is 5.10 Å². The topological polar surface area (TPSA) is 86.9 Å². The molecule has 0 radical (unpaired) electrons. The van der Waals surface area contributed by atoms with Crippen LogP contribution in [0.5, 0.6) is 11.5 Å². The van der Waals surface area contributed by atoms with Crippen molar-refractivity contribution < 1.29 is 14.3 Å². The molecule has 2 heterocycles. The van der Waals surface area contributed by atoms with Crippen molar-refractivity contribution in [2.75, 3.05) is 20.8 Å². The highest BCUT2D eigenvalue weighted by Crippen LogP contribution is 2.27. The molecule has 0 saturated heterocycles. The monoisotopic (exact) mass is 384 g/mol. The normalized spacial score (nSPS) is 10.8. The Morgan fingerprint density at radius 3 is 2.68 bits per heavy atom. The van der Waals surface area contributed by atoms with E-state index in [1.807, 2.05) is 25.1 Å². The summed E-state index contributed by atoms with van der Waals surface area (Å²) in [6, 6.07) is 9.16. The minimum Gasteiger partial charge on any atom is -0.493 e. The Morgan fingerprint density at radius 2 is 1.96 bits per heavy atom. The number of carbonyl (C=O) groups excluding carboxylic acids is 1. The van der Waals surface area contributed by atoms with Crippen LogP contribution >= 0.6 is 0 Å². The molecule has 0 unspecified atom stereocenters. The van der Waals surface area contributed by atoms with Crippen molar-refractivity contribution >= 4 is 11.4 Å². The highest BCUT2D eigenvalue weighted by Gasteiger charge is 2.12. The number of rotatable bonds is 8.